The number of benzene rings is 2. The van der Waals surface area contributed by atoms with E-state index in [4.69, 9.17) is 0 Å². The molecule has 2 aromatic rings. The van der Waals surface area contributed by atoms with E-state index in [9.17, 15) is 9.59 Å². The molecule has 0 radical (unpaired) electrons. The number of amides is 2. The van der Waals surface area contributed by atoms with E-state index in [0.29, 0.717) is 0 Å². The predicted octanol–water partition coefficient (Wildman–Crippen LogP) is 3.56. The van der Waals surface area contributed by atoms with Crippen molar-refractivity contribution < 1.29 is 9.59 Å². The normalized spacial score (nSPS) is 17.1. The second-order valence-electron chi connectivity index (χ2n) is 7.60. The highest BCUT2D eigenvalue weighted by Gasteiger charge is 2.28. The largest absolute Gasteiger partial charge is 0.347 e. The molecule has 2 N–H and O–H groups in total. The number of aryl methyl sites for hydroxylation is 1. The molecule has 0 spiro atoms. The Bertz CT molecular complexity index is 786. The van der Waals surface area contributed by atoms with Crippen molar-refractivity contribution in [3.8, 4) is 0 Å². The summed E-state index contributed by atoms with van der Waals surface area (Å²) in [4.78, 5) is 25.4. The molecule has 0 saturated heterocycles. The van der Waals surface area contributed by atoms with E-state index in [2.05, 4.69) is 22.8 Å². The first kappa shape index (κ1) is 19.2. The monoisotopic (exact) mass is 364 g/mol. The number of carbonyl (C=O) groups excluding carboxylic acids is 2. The second-order valence-corrected chi connectivity index (χ2v) is 7.60. The summed E-state index contributed by atoms with van der Waals surface area (Å²) in [7, 11) is 0. The molecule has 0 saturated carbocycles. The summed E-state index contributed by atoms with van der Waals surface area (Å²) in [6.45, 7) is 3.92. The fraction of sp³-hybridized carbons (Fsp3) is 0.391. The number of rotatable bonds is 6. The molecule has 0 fully saturated rings. The van der Waals surface area contributed by atoms with Crippen molar-refractivity contribution in [1.29, 1.82) is 0 Å². The van der Waals surface area contributed by atoms with Gasteiger partial charge in [0, 0.05) is 0 Å². The summed E-state index contributed by atoms with van der Waals surface area (Å²) in [5, 5.41) is 6.10. The van der Waals surface area contributed by atoms with E-state index < -0.39 is 6.04 Å². The lowest BCUT2D eigenvalue weighted by atomic mass is 9.87. The minimum absolute atomic E-state index is 0.0172. The van der Waals surface area contributed by atoms with Gasteiger partial charge in [-0.15, -0.1) is 0 Å². The van der Waals surface area contributed by atoms with Crippen LogP contribution in [0.25, 0.3) is 0 Å². The zero-order valence-electron chi connectivity index (χ0n) is 16.1. The minimum atomic E-state index is -0.532. The van der Waals surface area contributed by atoms with E-state index in [0.717, 1.165) is 24.8 Å². The standard InChI is InChI=1S/C23H28N2O2/c1-16(2)22(25-21(26)15-17-9-4-3-5-10-17)23(27)24-20-14-8-12-18-11-6-7-13-19(18)20/h3-7,9-11,13,16,20,22H,8,12,14-15H2,1-2H3,(H,24,27)(H,25,26). The van der Waals surface area contributed by atoms with Gasteiger partial charge in [-0.1, -0.05) is 68.4 Å². The maximum absolute atomic E-state index is 12.9. The van der Waals surface area contributed by atoms with E-state index in [1.807, 2.05) is 56.3 Å². The second kappa shape index (κ2) is 8.85. The first-order valence-electron chi connectivity index (χ1n) is 9.76. The maximum atomic E-state index is 12.9. The summed E-state index contributed by atoms with van der Waals surface area (Å²) < 4.78 is 0. The van der Waals surface area contributed by atoms with Crippen LogP contribution in [0.2, 0.25) is 0 Å². The number of carbonyl (C=O) groups is 2. The van der Waals surface area contributed by atoms with Gasteiger partial charge in [-0.25, -0.2) is 0 Å². The van der Waals surface area contributed by atoms with Gasteiger partial charge in [0.05, 0.1) is 12.5 Å². The van der Waals surface area contributed by atoms with Crippen LogP contribution < -0.4 is 10.6 Å². The Morgan fingerprint density at radius 1 is 1.04 bits per heavy atom. The molecule has 4 heteroatoms. The molecule has 0 aromatic heterocycles. The lowest BCUT2D eigenvalue weighted by molar-refractivity contribution is -0.130. The van der Waals surface area contributed by atoms with Gasteiger partial charge >= 0.3 is 0 Å². The van der Waals surface area contributed by atoms with Crippen LogP contribution >= 0.6 is 0 Å². The van der Waals surface area contributed by atoms with Gasteiger partial charge in [-0.05, 0) is 41.9 Å². The molecule has 1 aliphatic rings. The van der Waals surface area contributed by atoms with Gasteiger partial charge in [0.15, 0.2) is 0 Å². The number of hydrogen-bond donors (Lipinski definition) is 2. The predicted molar refractivity (Wildman–Crippen MR) is 107 cm³/mol. The molecule has 3 rings (SSSR count). The molecule has 2 unspecified atom stereocenters. The van der Waals surface area contributed by atoms with Crippen molar-refractivity contribution in [1.82, 2.24) is 10.6 Å². The highest BCUT2D eigenvalue weighted by molar-refractivity contribution is 5.88. The molecule has 2 aromatic carbocycles. The van der Waals surface area contributed by atoms with Crippen molar-refractivity contribution >= 4 is 11.8 Å². The lowest BCUT2D eigenvalue weighted by Gasteiger charge is -2.29. The first-order chi connectivity index (χ1) is 13.0. The Hall–Kier alpha value is -2.62. The Morgan fingerprint density at radius 2 is 1.74 bits per heavy atom. The molecule has 4 nitrogen and oxygen atoms in total. The quantitative estimate of drug-likeness (QED) is 0.823. The van der Waals surface area contributed by atoms with E-state index in [1.54, 1.807) is 0 Å². The molecule has 2 amide bonds. The average Bonchev–Trinajstić information content (AvgIpc) is 2.67. The summed E-state index contributed by atoms with van der Waals surface area (Å²) in [6.07, 6.45) is 3.34. The summed E-state index contributed by atoms with van der Waals surface area (Å²) in [6, 6.07) is 17.4. The Morgan fingerprint density at radius 3 is 2.48 bits per heavy atom. The molecule has 0 heterocycles. The fourth-order valence-corrected chi connectivity index (χ4v) is 3.71. The third kappa shape index (κ3) is 4.97. The Kier molecular flexibility index (Phi) is 6.28. The van der Waals surface area contributed by atoms with Crippen LogP contribution in [-0.4, -0.2) is 17.9 Å². The molecular weight excluding hydrogens is 336 g/mol. The molecule has 142 valence electrons. The number of hydrogen-bond acceptors (Lipinski definition) is 2. The molecule has 2 atom stereocenters. The molecule has 1 aliphatic carbocycles. The van der Waals surface area contributed by atoms with Gasteiger partial charge in [0.1, 0.15) is 6.04 Å². The lowest BCUT2D eigenvalue weighted by Crippen LogP contribution is -2.51. The number of nitrogens with one attached hydrogen (secondary N) is 2. The SMILES string of the molecule is CC(C)C(NC(=O)Cc1ccccc1)C(=O)NC1CCCc2ccccc21. The van der Waals surface area contributed by atoms with Crippen molar-refractivity contribution in [2.75, 3.05) is 0 Å². The van der Waals surface area contributed by atoms with E-state index >= 15 is 0 Å². The number of fused-ring (bicyclic) bond motifs is 1. The van der Waals surface area contributed by atoms with Crippen LogP contribution in [-0.2, 0) is 22.4 Å². The van der Waals surface area contributed by atoms with Crippen LogP contribution in [0.3, 0.4) is 0 Å². The van der Waals surface area contributed by atoms with E-state index in [-0.39, 0.29) is 30.2 Å². The van der Waals surface area contributed by atoms with Gasteiger partial charge in [0.25, 0.3) is 0 Å². The molecule has 0 aliphatic heterocycles. The third-order valence-corrected chi connectivity index (χ3v) is 5.16. The topological polar surface area (TPSA) is 58.2 Å². The maximum Gasteiger partial charge on any atom is 0.243 e. The Labute approximate surface area is 161 Å². The van der Waals surface area contributed by atoms with Crippen LogP contribution in [0.5, 0.6) is 0 Å². The van der Waals surface area contributed by atoms with Gasteiger partial charge in [-0.3, -0.25) is 9.59 Å². The Balaban J connectivity index is 1.65. The minimum Gasteiger partial charge on any atom is -0.347 e. The van der Waals surface area contributed by atoms with Gasteiger partial charge < -0.3 is 10.6 Å². The van der Waals surface area contributed by atoms with Gasteiger partial charge in [0.2, 0.25) is 11.8 Å². The van der Waals surface area contributed by atoms with Crippen molar-refractivity contribution in [2.24, 2.45) is 5.92 Å². The summed E-state index contributed by atoms with van der Waals surface area (Å²) in [5.74, 6) is -0.212. The third-order valence-electron chi connectivity index (χ3n) is 5.16. The van der Waals surface area contributed by atoms with Crippen LogP contribution in [0.1, 0.15) is 49.4 Å². The molecular formula is C23H28N2O2. The van der Waals surface area contributed by atoms with Crippen molar-refractivity contribution in [2.45, 2.75) is 51.6 Å². The van der Waals surface area contributed by atoms with E-state index in [1.165, 1.54) is 11.1 Å². The van der Waals surface area contributed by atoms with Gasteiger partial charge in [-0.2, -0.15) is 0 Å². The summed E-state index contributed by atoms with van der Waals surface area (Å²) in [5.41, 5.74) is 3.46. The van der Waals surface area contributed by atoms with Crippen molar-refractivity contribution in [3.05, 3.63) is 71.3 Å². The first-order valence-corrected chi connectivity index (χ1v) is 9.76. The van der Waals surface area contributed by atoms with Crippen molar-refractivity contribution in [3.63, 3.8) is 0 Å². The zero-order chi connectivity index (χ0) is 19.2. The van der Waals surface area contributed by atoms with Crippen LogP contribution in [0.4, 0.5) is 0 Å². The van der Waals surface area contributed by atoms with Crippen LogP contribution in [0.15, 0.2) is 54.6 Å². The van der Waals surface area contributed by atoms with Crippen LogP contribution in [0, 0.1) is 5.92 Å². The molecule has 27 heavy (non-hydrogen) atoms. The molecule has 0 bridgehead atoms. The average molecular weight is 364 g/mol. The summed E-state index contributed by atoms with van der Waals surface area (Å²) >= 11 is 0. The highest BCUT2D eigenvalue weighted by atomic mass is 16.2. The fourth-order valence-electron chi connectivity index (χ4n) is 3.71. The smallest absolute Gasteiger partial charge is 0.243 e. The zero-order valence-corrected chi connectivity index (χ0v) is 16.1. The highest BCUT2D eigenvalue weighted by Crippen LogP contribution is 2.29.